The van der Waals surface area contributed by atoms with Gasteiger partial charge in [0.2, 0.25) is 0 Å². The van der Waals surface area contributed by atoms with Crippen molar-refractivity contribution in [2.75, 3.05) is 18.5 Å². The first-order chi connectivity index (χ1) is 15.2. The molecule has 164 valence electrons. The summed E-state index contributed by atoms with van der Waals surface area (Å²) in [7, 11) is 0. The number of hydrogen-bond acceptors (Lipinski definition) is 8. The zero-order valence-corrected chi connectivity index (χ0v) is 16.6. The van der Waals surface area contributed by atoms with Gasteiger partial charge in [0.15, 0.2) is 0 Å². The molecule has 2 aromatic rings. The van der Waals surface area contributed by atoms with Crippen molar-refractivity contribution in [3.05, 3.63) is 64.2 Å². The Kier molecular flexibility index (Phi) is 5.45. The van der Waals surface area contributed by atoms with E-state index in [4.69, 9.17) is 4.74 Å². The number of amides is 3. The Morgan fingerprint density at radius 3 is 2.19 bits per heavy atom. The van der Waals surface area contributed by atoms with E-state index >= 15 is 0 Å². The second-order valence-corrected chi connectivity index (χ2v) is 7.44. The van der Waals surface area contributed by atoms with Crippen LogP contribution in [0.2, 0.25) is 0 Å². The molecule has 3 amide bonds. The standard InChI is InChI=1S/C22H18N2O8/c25-18(23-14-7-12(21(28)29)6-13(8-14)22(30)31)11-3-4-16-17(9-11)20(27)24(19(16)26)10-15-2-1-5-32-15/h3-4,6-9,15H,1-2,5,10H2,(H,23,25)(H,28,29)(H,30,31)/p-2/t15-/m1/s1. The van der Waals surface area contributed by atoms with Crippen molar-refractivity contribution in [2.24, 2.45) is 0 Å². The molecule has 0 aliphatic carbocycles. The van der Waals surface area contributed by atoms with Crippen LogP contribution >= 0.6 is 0 Å². The third-order valence-electron chi connectivity index (χ3n) is 5.31. The lowest BCUT2D eigenvalue weighted by Gasteiger charge is -2.17. The minimum Gasteiger partial charge on any atom is -0.545 e. The Morgan fingerprint density at radius 2 is 1.59 bits per heavy atom. The van der Waals surface area contributed by atoms with Crippen molar-refractivity contribution in [1.29, 1.82) is 0 Å². The fourth-order valence-electron chi connectivity index (χ4n) is 3.73. The number of carboxylic acids is 2. The molecule has 0 bridgehead atoms. The van der Waals surface area contributed by atoms with E-state index in [1.807, 2.05) is 0 Å². The summed E-state index contributed by atoms with van der Waals surface area (Å²) in [5.74, 6) is -4.99. The maximum Gasteiger partial charge on any atom is 0.261 e. The molecule has 1 saturated heterocycles. The Bertz CT molecular complexity index is 1130. The van der Waals surface area contributed by atoms with Gasteiger partial charge < -0.3 is 29.9 Å². The van der Waals surface area contributed by atoms with E-state index in [0.29, 0.717) is 6.61 Å². The predicted molar refractivity (Wildman–Crippen MR) is 104 cm³/mol. The molecule has 2 heterocycles. The second-order valence-electron chi connectivity index (χ2n) is 7.44. The van der Waals surface area contributed by atoms with E-state index in [-0.39, 0.29) is 35.0 Å². The van der Waals surface area contributed by atoms with Crippen LogP contribution in [0.15, 0.2) is 36.4 Å². The second kappa shape index (κ2) is 8.23. The predicted octanol–water partition coefficient (Wildman–Crippen LogP) is -0.559. The summed E-state index contributed by atoms with van der Waals surface area (Å²) in [5, 5.41) is 24.6. The summed E-state index contributed by atoms with van der Waals surface area (Å²) in [6, 6.07) is 6.89. The number of hydrogen-bond donors (Lipinski definition) is 1. The maximum absolute atomic E-state index is 12.7. The van der Waals surface area contributed by atoms with Crippen molar-refractivity contribution in [3.63, 3.8) is 0 Å². The number of fused-ring (bicyclic) bond motifs is 1. The molecule has 0 saturated carbocycles. The number of carboxylic acid groups (broad SMARTS) is 2. The molecule has 1 atom stereocenters. The molecular weight excluding hydrogens is 420 g/mol. The Hall–Kier alpha value is -4.05. The first-order valence-corrected chi connectivity index (χ1v) is 9.75. The van der Waals surface area contributed by atoms with E-state index in [0.717, 1.165) is 35.9 Å². The van der Waals surface area contributed by atoms with Crippen molar-refractivity contribution in [2.45, 2.75) is 18.9 Å². The van der Waals surface area contributed by atoms with E-state index in [1.165, 1.54) is 18.2 Å². The summed E-state index contributed by atoms with van der Waals surface area (Å²) < 4.78 is 5.49. The van der Waals surface area contributed by atoms with Crippen LogP contribution in [0.25, 0.3) is 0 Å². The average Bonchev–Trinajstić information content (AvgIpc) is 3.36. The normalized spacial score (nSPS) is 17.4. The minimum atomic E-state index is -1.63. The third kappa shape index (κ3) is 3.95. The summed E-state index contributed by atoms with van der Waals surface area (Å²) in [6.45, 7) is 0.715. The molecule has 1 fully saturated rings. The highest BCUT2D eigenvalue weighted by Crippen LogP contribution is 2.26. The lowest BCUT2D eigenvalue weighted by atomic mass is 10.0. The lowest BCUT2D eigenvalue weighted by Crippen LogP contribution is -2.36. The van der Waals surface area contributed by atoms with Gasteiger partial charge in [0.25, 0.3) is 17.7 Å². The maximum atomic E-state index is 12.7. The Morgan fingerprint density at radius 1 is 0.938 bits per heavy atom. The largest absolute Gasteiger partial charge is 0.545 e. The van der Waals surface area contributed by atoms with Gasteiger partial charge in [0.1, 0.15) is 0 Å². The fourth-order valence-corrected chi connectivity index (χ4v) is 3.73. The molecule has 2 aliphatic heterocycles. The number of aromatic carboxylic acids is 2. The Labute approximate surface area is 181 Å². The number of carbonyl (C=O) groups excluding carboxylic acids is 5. The van der Waals surface area contributed by atoms with E-state index in [1.54, 1.807) is 0 Å². The summed E-state index contributed by atoms with van der Waals surface area (Å²) in [4.78, 5) is 61.3. The molecule has 10 heteroatoms. The molecule has 0 spiro atoms. The zero-order chi connectivity index (χ0) is 23.0. The number of rotatable bonds is 6. The monoisotopic (exact) mass is 436 g/mol. The highest BCUT2D eigenvalue weighted by Gasteiger charge is 2.38. The third-order valence-corrected chi connectivity index (χ3v) is 5.31. The van der Waals surface area contributed by atoms with E-state index < -0.39 is 40.8 Å². The number of nitrogens with zero attached hydrogens (tertiary/aromatic N) is 1. The van der Waals surface area contributed by atoms with Crippen molar-refractivity contribution >= 4 is 35.3 Å². The molecule has 10 nitrogen and oxygen atoms in total. The Balaban J connectivity index is 1.56. The number of benzene rings is 2. The molecule has 2 aliphatic rings. The minimum absolute atomic E-state index is 0.0257. The van der Waals surface area contributed by atoms with Crippen LogP contribution in [0.1, 0.15) is 64.6 Å². The van der Waals surface area contributed by atoms with Crippen LogP contribution in [0.5, 0.6) is 0 Å². The lowest BCUT2D eigenvalue weighted by molar-refractivity contribution is -0.255. The van der Waals surface area contributed by atoms with Gasteiger partial charge >= 0.3 is 0 Å². The van der Waals surface area contributed by atoms with Gasteiger partial charge in [-0.05, 0) is 60.4 Å². The average molecular weight is 436 g/mol. The number of nitrogens with one attached hydrogen (secondary N) is 1. The summed E-state index contributed by atoms with van der Waals surface area (Å²) in [6.07, 6.45) is 1.39. The van der Waals surface area contributed by atoms with Gasteiger partial charge in [-0.25, -0.2) is 0 Å². The van der Waals surface area contributed by atoms with E-state index in [9.17, 15) is 34.2 Å². The molecule has 0 aromatic heterocycles. The number of carbonyl (C=O) groups is 5. The molecule has 0 unspecified atom stereocenters. The van der Waals surface area contributed by atoms with Crippen molar-refractivity contribution < 1.29 is 38.9 Å². The van der Waals surface area contributed by atoms with Crippen LogP contribution in [-0.2, 0) is 4.74 Å². The molecular formula is C22H16N2O8-2. The van der Waals surface area contributed by atoms with Gasteiger partial charge in [-0.1, -0.05) is 0 Å². The van der Waals surface area contributed by atoms with Gasteiger partial charge in [0.05, 0.1) is 35.7 Å². The number of anilines is 1. The van der Waals surface area contributed by atoms with Crippen LogP contribution in [-0.4, -0.2) is 53.8 Å². The highest BCUT2D eigenvalue weighted by atomic mass is 16.5. The van der Waals surface area contributed by atoms with Crippen LogP contribution in [0.4, 0.5) is 5.69 Å². The van der Waals surface area contributed by atoms with E-state index in [2.05, 4.69) is 5.32 Å². The highest BCUT2D eigenvalue weighted by molar-refractivity contribution is 6.22. The molecule has 1 N–H and O–H groups in total. The first-order valence-electron chi connectivity index (χ1n) is 9.75. The van der Waals surface area contributed by atoms with Gasteiger partial charge in [-0.15, -0.1) is 0 Å². The number of imide groups is 1. The van der Waals surface area contributed by atoms with Crippen LogP contribution in [0, 0.1) is 0 Å². The quantitative estimate of drug-likeness (QED) is 0.591. The van der Waals surface area contributed by atoms with Crippen molar-refractivity contribution in [1.82, 2.24) is 4.90 Å². The number of ether oxygens (including phenoxy) is 1. The smallest absolute Gasteiger partial charge is 0.261 e. The van der Waals surface area contributed by atoms with Crippen molar-refractivity contribution in [3.8, 4) is 0 Å². The summed E-state index contributed by atoms with van der Waals surface area (Å²) >= 11 is 0. The fraction of sp³-hybridized carbons (Fsp3) is 0.227. The van der Waals surface area contributed by atoms with Gasteiger partial charge in [-0.3, -0.25) is 19.3 Å². The molecule has 2 aromatic carbocycles. The van der Waals surface area contributed by atoms with Crippen LogP contribution < -0.4 is 15.5 Å². The zero-order valence-electron chi connectivity index (χ0n) is 16.6. The SMILES string of the molecule is O=C([O-])c1cc(NC(=O)c2ccc3c(c2)C(=O)N(C[C@H]2CCCO2)C3=O)cc(C(=O)[O-])c1. The van der Waals surface area contributed by atoms with Gasteiger partial charge in [-0.2, -0.15) is 0 Å². The molecule has 32 heavy (non-hydrogen) atoms. The van der Waals surface area contributed by atoms with Gasteiger partial charge in [0, 0.05) is 17.9 Å². The van der Waals surface area contributed by atoms with Crippen LogP contribution in [0.3, 0.4) is 0 Å². The first kappa shape index (κ1) is 21.2. The molecule has 0 radical (unpaired) electrons. The summed E-state index contributed by atoms with van der Waals surface area (Å²) in [5.41, 5.74) is -0.762. The molecule has 4 rings (SSSR count). The topological polar surface area (TPSA) is 156 Å².